The molecule has 7 heteroatoms. The molecule has 18 heavy (non-hydrogen) atoms. The van der Waals surface area contributed by atoms with Gasteiger partial charge in [0.25, 0.3) is 5.91 Å². The van der Waals surface area contributed by atoms with Crippen LogP contribution in [0.2, 0.25) is 0 Å². The van der Waals surface area contributed by atoms with Crippen molar-refractivity contribution < 1.29 is 4.79 Å². The lowest BCUT2D eigenvalue weighted by Crippen LogP contribution is -2.17. The monoisotopic (exact) mass is 309 g/mol. The molecule has 2 N–H and O–H groups in total. The highest BCUT2D eigenvalue weighted by Crippen LogP contribution is 2.37. The van der Waals surface area contributed by atoms with Gasteiger partial charge in [-0.25, -0.2) is 0 Å². The lowest BCUT2D eigenvalue weighted by molar-refractivity contribution is 0.101. The van der Waals surface area contributed by atoms with Crippen molar-refractivity contribution >= 4 is 27.8 Å². The molecular weight excluding hydrogens is 298 g/mol. The van der Waals surface area contributed by atoms with Crippen LogP contribution in [0.3, 0.4) is 0 Å². The quantitative estimate of drug-likeness (QED) is 0.913. The first kappa shape index (κ1) is 11.5. The van der Waals surface area contributed by atoms with Gasteiger partial charge in [-0.15, -0.1) is 5.10 Å². The molecule has 1 amide bonds. The Morgan fingerprint density at radius 1 is 1.61 bits per heavy atom. The van der Waals surface area contributed by atoms with E-state index in [9.17, 15) is 4.79 Å². The Labute approximate surface area is 112 Å². The fourth-order valence-corrected chi connectivity index (χ4v) is 2.28. The highest BCUT2D eigenvalue weighted by molar-refractivity contribution is 9.10. The third-order valence-corrected chi connectivity index (χ3v) is 3.24. The third kappa shape index (κ3) is 2.17. The van der Waals surface area contributed by atoms with E-state index < -0.39 is 0 Å². The normalized spacial score (nSPS) is 14.8. The van der Waals surface area contributed by atoms with Crippen molar-refractivity contribution in [2.45, 2.75) is 25.8 Å². The minimum Gasteiger partial charge on any atom is -0.339 e. The van der Waals surface area contributed by atoms with Crippen LogP contribution < -0.4 is 5.32 Å². The molecule has 2 aromatic rings. The summed E-state index contributed by atoms with van der Waals surface area (Å²) in [5, 5.41) is 9.26. The molecule has 2 aromatic heterocycles. The van der Waals surface area contributed by atoms with Crippen LogP contribution in [0.1, 0.15) is 35.2 Å². The summed E-state index contributed by atoms with van der Waals surface area (Å²) in [5.74, 6) is 0.785. The van der Waals surface area contributed by atoms with E-state index in [-0.39, 0.29) is 5.91 Å². The Hall–Kier alpha value is -1.63. The molecule has 3 rings (SSSR count). The molecule has 2 heterocycles. The predicted molar refractivity (Wildman–Crippen MR) is 69.5 cm³/mol. The van der Waals surface area contributed by atoms with Crippen LogP contribution in [0.15, 0.2) is 16.7 Å². The van der Waals surface area contributed by atoms with E-state index >= 15 is 0 Å². The van der Waals surface area contributed by atoms with Gasteiger partial charge in [0.1, 0.15) is 11.5 Å². The molecule has 0 aliphatic heterocycles. The van der Waals surface area contributed by atoms with E-state index in [1.54, 1.807) is 6.92 Å². The number of nitrogens with one attached hydrogen (secondary N) is 2. The fourth-order valence-electron chi connectivity index (χ4n) is 1.85. The van der Waals surface area contributed by atoms with Gasteiger partial charge in [0.15, 0.2) is 0 Å². The Balaban J connectivity index is 1.83. The highest BCUT2D eigenvalue weighted by atomic mass is 79.9. The number of hydrogen-bond acceptors (Lipinski definition) is 3. The van der Waals surface area contributed by atoms with Gasteiger partial charge in [0.2, 0.25) is 5.95 Å². The van der Waals surface area contributed by atoms with E-state index in [1.807, 2.05) is 16.8 Å². The summed E-state index contributed by atoms with van der Waals surface area (Å²) in [6.45, 7) is 1.78. The predicted octanol–water partition coefficient (Wildman–Crippen LogP) is 2.26. The number of nitrogens with zero attached hydrogens (tertiary/aromatic N) is 3. The number of hydrogen-bond donors (Lipinski definition) is 2. The zero-order chi connectivity index (χ0) is 12.7. The highest BCUT2D eigenvalue weighted by Gasteiger charge is 2.28. The standard InChI is InChI=1S/C11H12BrN5O/c1-6-13-11(16-15-6)14-10(18)9-4-7(12)5-17(9)8-2-3-8/h4-5,8H,2-3H2,1H3,(H2,13,14,15,16,18). The average Bonchev–Trinajstić information content (AvgIpc) is 2.98. The van der Waals surface area contributed by atoms with Crippen LogP contribution in [0, 0.1) is 6.92 Å². The summed E-state index contributed by atoms with van der Waals surface area (Å²) >= 11 is 3.40. The van der Waals surface area contributed by atoms with Crippen LogP contribution >= 0.6 is 15.9 Å². The van der Waals surface area contributed by atoms with Gasteiger partial charge in [0.05, 0.1) is 0 Å². The number of carbonyl (C=O) groups excluding carboxylic acids is 1. The van der Waals surface area contributed by atoms with E-state index in [0.717, 1.165) is 17.3 Å². The van der Waals surface area contributed by atoms with Crippen LogP contribution in [0.25, 0.3) is 0 Å². The van der Waals surface area contributed by atoms with E-state index in [2.05, 4.69) is 36.4 Å². The number of rotatable bonds is 3. The molecular formula is C11H12BrN5O. The Morgan fingerprint density at radius 3 is 3.00 bits per heavy atom. The SMILES string of the molecule is Cc1nc(NC(=O)c2cc(Br)cn2C2CC2)n[nH]1. The molecule has 0 saturated heterocycles. The van der Waals surface area contributed by atoms with Crippen LogP contribution in [0.4, 0.5) is 5.95 Å². The van der Waals surface area contributed by atoms with Gasteiger partial charge in [-0.3, -0.25) is 15.2 Å². The number of aryl methyl sites for hydroxylation is 1. The Morgan fingerprint density at radius 2 is 2.39 bits per heavy atom. The van der Waals surface area contributed by atoms with Crippen LogP contribution in [0.5, 0.6) is 0 Å². The van der Waals surface area contributed by atoms with E-state index in [4.69, 9.17) is 0 Å². The fraction of sp³-hybridized carbons (Fsp3) is 0.364. The number of aromatic nitrogens is 4. The van der Waals surface area contributed by atoms with Gasteiger partial charge in [-0.2, -0.15) is 4.98 Å². The second-order valence-electron chi connectivity index (χ2n) is 4.38. The van der Waals surface area contributed by atoms with Gasteiger partial charge in [0, 0.05) is 16.7 Å². The van der Waals surface area contributed by atoms with Crippen molar-refractivity contribution in [1.29, 1.82) is 0 Å². The number of anilines is 1. The number of halogens is 1. The molecule has 0 atom stereocenters. The van der Waals surface area contributed by atoms with Crippen LogP contribution in [-0.2, 0) is 0 Å². The second kappa shape index (κ2) is 4.24. The summed E-state index contributed by atoms with van der Waals surface area (Å²) in [5.41, 5.74) is 0.631. The van der Waals surface area contributed by atoms with Crippen molar-refractivity contribution in [2.24, 2.45) is 0 Å². The summed E-state index contributed by atoms with van der Waals surface area (Å²) in [4.78, 5) is 16.2. The minimum absolute atomic E-state index is 0.188. The number of carbonyl (C=O) groups is 1. The largest absolute Gasteiger partial charge is 0.339 e. The second-order valence-corrected chi connectivity index (χ2v) is 5.30. The van der Waals surface area contributed by atoms with Crippen molar-refractivity contribution in [2.75, 3.05) is 5.32 Å². The van der Waals surface area contributed by atoms with Crippen molar-refractivity contribution in [3.05, 3.63) is 28.3 Å². The lowest BCUT2D eigenvalue weighted by atomic mass is 10.4. The summed E-state index contributed by atoms with van der Waals surface area (Å²) in [7, 11) is 0. The Bertz CT molecular complexity index is 598. The summed E-state index contributed by atoms with van der Waals surface area (Å²) in [6, 6.07) is 2.26. The number of amides is 1. The topological polar surface area (TPSA) is 75.6 Å². The molecule has 1 fully saturated rings. The molecule has 1 aliphatic rings. The maximum Gasteiger partial charge on any atom is 0.274 e. The van der Waals surface area contributed by atoms with E-state index in [0.29, 0.717) is 23.5 Å². The smallest absolute Gasteiger partial charge is 0.274 e. The van der Waals surface area contributed by atoms with Gasteiger partial charge in [-0.1, -0.05) is 0 Å². The third-order valence-electron chi connectivity index (χ3n) is 2.81. The summed E-state index contributed by atoms with van der Waals surface area (Å²) < 4.78 is 2.91. The molecule has 1 aliphatic carbocycles. The van der Waals surface area contributed by atoms with Crippen LogP contribution in [-0.4, -0.2) is 25.7 Å². The van der Waals surface area contributed by atoms with Gasteiger partial charge < -0.3 is 4.57 Å². The zero-order valence-corrected chi connectivity index (χ0v) is 11.4. The average molecular weight is 310 g/mol. The molecule has 0 radical (unpaired) electrons. The molecule has 0 bridgehead atoms. The first-order valence-corrected chi connectivity index (χ1v) is 6.50. The Kier molecular flexibility index (Phi) is 2.70. The molecule has 0 unspecified atom stereocenters. The molecule has 6 nitrogen and oxygen atoms in total. The lowest BCUT2D eigenvalue weighted by Gasteiger charge is -2.06. The van der Waals surface area contributed by atoms with Gasteiger partial charge >= 0.3 is 0 Å². The van der Waals surface area contributed by atoms with Crippen molar-refractivity contribution in [3.63, 3.8) is 0 Å². The number of aromatic amines is 1. The van der Waals surface area contributed by atoms with Crippen molar-refractivity contribution in [1.82, 2.24) is 19.7 Å². The van der Waals surface area contributed by atoms with E-state index in [1.165, 1.54) is 0 Å². The minimum atomic E-state index is -0.188. The first-order chi connectivity index (χ1) is 8.63. The first-order valence-electron chi connectivity index (χ1n) is 5.71. The molecule has 0 aromatic carbocycles. The summed E-state index contributed by atoms with van der Waals surface area (Å²) in [6.07, 6.45) is 4.19. The zero-order valence-electron chi connectivity index (χ0n) is 9.77. The molecule has 1 saturated carbocycles. The molecule has 94 valence electrons. The van der Waals surface area contributed by atoms with Crippen molar-refractivity contribution in [3.8, 4) is 0 Å². The molecule has 0 spiro atoms. The van der Waals surface area contributed by atoms with Gasteiger partial charge in [-0.05, 0) is 41.8 Å². The maximum atomic E-state index is 12.1. The maximum absolute atomic E-state index is 12.1. The number of H-pyrrole nitrogens is 1.